The van der Waals surface area contributed by atoms with Gasteiger partial charge in [-0.2, -0.15) is 0 Å². The van der Waals surface area contributed by atoms with Gasteiger partial charge in [0.2, 0.25) is 0 Å². The minimum absolute atomic E-state index is 0.0349. The smallest absolute Gasteiger partial charge is 0.307 e. The lowest BCUT2D eigenvalue weighted by Gasteiger charge is -2.18. The largest absolute Gasteiger partial charge is 0.481 e. The van der Waals surface area contributed by atoms with Gasteiger partial charge in [0.15, 0.2) is 0 Å². The van der Waals surface area contributed by atoms with Crippen molar-refractivity contribution in [3.05, 3.63) is 35.4 Å². The van der Waals surface area contributed by atoms with Gasteiger partial charge in [0, 0.05) is 12.6 Å². The lowest BCUT2D eigenvalue weighted by Crippen LogP contribution is -2.35. The van der Waals surface area contributed by atoms with Gasteiger partial charge in [-0.3, -0.25) is 4.79 Å². The second kappa shape index (κ2) is 6.55. The average Bonchev–Trinajstić information content (AvgIpc) is 2.35. The normalized spacial score (nSPS) is 14.5. The topological polar surface area (TPSA) is 49.3 Å². The Morgan fingerprint density at radius 2 is 1.72 bits per heavy atom. The first-order chi connectivity index (χ1) is 8.41. The van der Waals surface area contributed by atoms with Gasteiger partial charge in [0.1, 0.15) is 0 Å². The Labute approximate surface area is 109 Å². The third-order valence-electron chi connectivity index (χ3n) is 3.41. The first kappa shape index (κ1) is 14.7. The molecule has 2 N–H and O–H groups in total. The zero-order valence-corrected chi connectivity index (χ0v) is 11.6. The van der Waals surface area contributed by atoms with E-state index in [1.807, 2.05) is 6.92 Å². The van der Waals surface area contributed by atoms with Crippen LogP contribution in [0.15, 0.2) is 24.3 Å². The molecule has 1 aromatic carbocycles. The molecule has 3 heteroatoms. The van der Waals surface area contributed by atoms with Gasteiger partial charge >= 0.3 is 5.97 Å². The zero-order valence-electron chi connectivity index (χ0n) is 11.6. The summed E-state index contributed by atoms with van der Waals surface area (Å²) in [6, 6.07) is 8.42. The van der Waals surface area contributed by atoms with E-state index in [2.05, 4.69) is 43.4 Å². The van der Waals surface area contributed by atoms with Crippen LogP contribution in [0.25, 0.3) is 0 Å². The van der Waals surface area contributed by atoms with E-state index in [0.29, 0.717) is 12.5 Å². The van der Waals surface area contributed by atoms with Crippen molar-refractivity contribution in [2.45, 2.75) is 46.2 Å². The molecule has 0 amide bonds. The third-order valence-corrected chi connectivity index (χ3v) is 3.41. The maximum Gasteiger partial charge on any atom is 0.307 e. The molecule has 0 aliphatic rings. The molecule has 1 aromatic rings. The van der Waals surface area contributed by atoms with Crippen LogP contribution in [-0.2, 0) is 11.3 Å². The summed E-state index contributed by atoms with van der Waals surface area (Å²) in [5.74, 6) is -0.594. The molecule has 0 fully saturated rings. The molecule has 0 radical (unpaired) electrons. The lowest BCUT2D eigenvalue weighted by molar-refractivity contribution is -0.141. The predicted molar refractivity (Wildman–Crippen MR) is 73.6 cm³/mol. The summed E-state index contributed by atoms with van der Waals surface area (Å²) < 4.78 is 0. The van der Waals surface area contributed by atoms with E-state index in [1.165, 1.54) is 11.1 Å². The number of benzene rings is 1. The van der Waals surface area contributed by atoms with Gasteiger partial charge in [0.25, 0.3) is 0 Å². The fraction of sp³-hybridized carbons (Fsp3) is 0.533. The highest BCUT2D eigenvalue weighted by Gasteiger charge is 2.18. The fourth-order valence-electron chi connectivity index (χ4n) is 1.69. The standard InChI is InChI=1S/C15H23NO2/c1-10(2)14-7-5-13(6-8-14)9-16-12(4)11(3)15(17)18/h5-8,10-12,16H,9H2,1-4H3,(H,17,18). The molecular formula is C15H23NO2. The summed E-state index contributed by atoms with van der Waals surface area (Å²) in [7, 11) is 0. The van der Waals surface area contributed by atoms with Crippen molar-refractivity contribution in [1.82, 2.24) is 5.32 Å². The van der Waals surface area contributed by atoms with Crippen LogP contribution in [0.1, 0.15) is 44.7 Å². The van der Waals surface area contributed by atoms with Crippen LogP contribution in [0.4, 0.5) is 0 Å². The van der Waals surface area contributed by atoms with Gasteiger partial charge in [0.05, 0.1) is 5.92 Å². The van der Waals surface area contributed by atoms with Crippen LogP contribution in [0.2, 0.25) is 0 Å². The van der Waals surface area contributed by atoms with Crippen molar-refractivity contribution in [2.75, 3.05) is 0 Å². The molecule has 0 saturated heterocycles. The molecule has 0 heterocycles. The van der Waals surface area contributed by atoms with Crippen molar-refractivity contribution in [1.29, 1.82) is 0 Å². The summed E-state index contributed by atoms with van der Waals surface area (Å²) in [5, 5.41) is 12.2. The molecule has 2 atom stereocenters. The second-order valence-electron chi connectivity index (χ2n) is 5.19. The zero-order chi connectivity index (χ0) is 13.7. The van der Waals surface area contributed by atoms with Gasteiger partial charge in [-0.25, -0.2) is 0 Å². The van der Waals surface area contributed by atoms with Crippen molar-refractivity contribution in [2.24, 2.45) is 5.92 Å². The number of nitrogens with one attached hydrogen (secondary N) is 1. The van der Waals surface area contributed by atoms with E-state index in [9.17, 15) is 4.79 Å². The number of carboxylic acid groups (broad SMARTS) is 1. The molecule has 0 saturated carbocycles. The van der Waals surface area contributed by atoms with Crippen LogP contribution < -0.4 is 5.32 Å². The van der Waals surface area contributed by atoms with E-state index in [4.69, 9.17) is 5.11 Å². The van der Waals surface area contributed by atoms with Crippen LogP contribution >= 0.6 is 0 Å². The highest BCUT2D eigenvalue weighted by molar-refractivity contribution is 5.70. The fourth-order valence-corrected chi connectivity index (χ4v) is 1.69. The van der Waals surface area contributed by atoms with E-state index in [0.717, 1.165) is 0 Å². The van der Waals surface area contributed by atoms with Crippen LogP contribution in [0, 0.1) is 5.92 Å². The average molecular weight is 249 g/mol. The molecule has 1 rings (SSSR count). The molecule has 0 bridgehead atoms. The van der Waals surface area contributed by atoms with Gasteiger partial charge in [-0.05, 0) is 24.0 Å². The molecule has 0 aliphatic heterocycles. The molecule has 0 aromatic heterocycles. The van der Waals surface area contributed by atoms with Crippen molar-refractivity contribution >= 4 is 5.97 Å². The first-order valence-electron chi connectivity index (χ1n) is 6.46. The Bertz CT molecular complexity index is 384. The molecule has 3 nitrogen and oxygen atoms in total. The Balaban J connectivity index is 2.51. The molecule has 0 aliphatic carbocycles. The number of hydrogen-bond donors (Lipinski definition) is 2. The summed E-state index contributed by atoms with van der Waals surface area (Å²) in [6.45, 7) is 8.67. The van der Waals surface area contributed by atoms with E-state index in [-0.39, 0.29) is 12.0 Å². The van der Waals surface area contributed by atoms with Gasteiger partial charge in [-0.15, -0.1) is 0 Å². The summed E-state index contributed by atoms with van der Waals surface area (Å²) in [6.07, 6.45) is 0. The van der Waals surface area contributed by atoms with Crippen molar-refractivity contribution in [3.8, 4) is 0 Å². The quantitative estimate of drug-likeness (QED) is 0.814. The minimum atomic E-state index is -0.759. The van der Waals surface area contributed by atoms with E-state index >= 15 is 0 Å². The second-order valence-corrected chi connectivity index (χ2v) is 5.19. The van der Waals surface area contributed by atoms with E-state index < -0.39 is 5.97 Å². The number of carboxylic acids is 1. The van der Waals surface area contributed by atoms with Crippen LogP contribution in [-0.4, -0.2) is 17.1 Å². The number of hydrogen-bond acceptors (Lipinski definition) is 2. The number of carbonyl (C=O) groups is 1. The number of aliphatic carboxylic acids is 1. The monoisotopic (exact) mass is 249 g/mol. The van der Waals surface area contributed by atoms with Crippen LogP contribution in [0.3, 0.4) is 0 Å². The Hall–Kier alpha value is -1.35. The Morgan fingerprint density at radius 1 is 1.17 bits per heavy atom. The van der Waals surface area contributed by atoms with Crippen molar-refractivity contribution < 1.29 is 9.90 Å². The predicted octanol–water partition coefficient (Wildman–Crippen LogP) is 3.01. The number of rotatable bonds is 6. The molecule has 2 unspecified atom stereocenters. The Morgan fingerprint density at radius 3 is 2.17 bits per heavy atom. The van der Waals surface area contributed by atoms with Crippen molar-refractivity contribution in [3.63, 3.8) is 0 Å². The molecule has 100 valence electrons. The highest BCUT2D eigenvalue weighted by Crippen LogP contribution is 2.14. The molecule has 0 spiro atoms. The molecular weight excluding hydrogens is 226 g/mol. The first-order valence-corrected chi connectivity index (χ1v) is 6.46. The summed E-state index contributed by atoms with van der Waals surface area (Å²) in [5.41, 5.74) is 2.51. The third kappa shape index (κ3) is 4.15. The SMILES string of the molecule is CC(C)c1ccc(CNC(C)C(C)C(=O)O)cc1. The Kier molecular flexibility index (Phi) is 5.35. The lowest BCUT2D eigenvalue weighted by atomic mass is 10.0. The van der Waals surface area contributed by atoms with Gasteiger partial charge in [-0.1, -0.05) is 45.0 Å². The summed E-state index contributed by atoms with van der Waals surface area (Å²) in [4.78, 5) is 10.8. The minimum Gasteiger partial charge on any atom is -0.481 e. The maximum absolute atomic E-state index is 10.8. The highest BCUT2D eigenvalue weighted by atomic mass is 16.4. The van der Waals surface area contributed by atoms with Gasteiger partial charge < -0.3 is 10.4 Å². The molecule has 18 heavy (non-hydrogen) atoms. The summed E-state index contributed by atoms with van der Waals surface area (Å²) >= 11 is 0. The van der Waals surface area contributed by atoms with E-state index in [1.54, 1.807) is 6.92 Å². The van der Waals surface area contributed by atoms with Crippen LogP contribution in [0.5, 0.6) is 0 Å². The maximum atomic E-state index is 10.8.